The first-order chi connectivity index (χ1) is 24.3. The number of carbonyl (C=O) groups excluding carboxylic acids is 1. The van der Waals surface area contributed by atoms with Crippen molar-refractivity contribution in [2.45, 2.75) is 63.8 Å². The van der Waals surface area contributed by atoms with E-state index in [-0.39, 0.29) is 24.5 Å². The Morgan fingerprint density at radius 1 is 1.06 bits per heavy atom. The van der Waals surface area contributed by atoms with Crippen LogP contribution < -0.4 is 10.1 Å². The van der Waals surface area contributed by atoms with Crippen molar-refractivity contribution in [2.24, 2.45) is 10.6 Å². The normalized spacial score (nSPS) is 12.0. The predicted molar refractivity (Wildman–Crippen MR) is 202 cm³/mol. The summed E-state index contributed by atoms with van der Waals surface area (Å²) < 4.78 is 8.59. The Hall–Kier alpha value is -4.81. The van der Waals surface area contributed by atoms with Gasteiger partial charge in [-0.05, 0) is 54.4 Å². The van der Waals surface area contributed by atoms with Crippen molar-refractivity contribution in [3.8, 4) is 5.75 Å². The second kappa shape index (κ2) is 16.5. The molecule has 1 amide bonds. The fourth-order valence-electron chi connectivity index (χ4n) is 5.45. The summed E-state index contributed by atoms with van der Waals surface area (Å²) in [5.74, 6) is 0.291. The molecule has 2 heterocycles. The van der Waals surface area contributed by atoms with E-state index in [1.165, 1.54) is 0 Å². The molecule has 0 atom stereocenters. The van der Waals surface area contributed by atoms with E-state index in [4.69, 9.17) is 26.2 Å². The molecule has 0 saturated heterocycles. The smallest absolute Gasteiger partial charge is 0.294 e. The summed E-state index contributed by atoms with van der Waals surface area (Å²) in [4.78, 5) is 37.8. The highest BCUT2D eigenvalue weighted by atomic mass is 35.5. The Kier molecular flexibility index (Phi) is 12.1. The molecule has 5 aromatic rings. The Bertz CT molecular complexity index is 2020. The van der Waals surface area contributed by atoms with E-state index in [1.54, 1.807) is 6.21 Å². The van der Waals surface area contributed by atoms with Gasteiger partial charge in [-0.1, -0.05) is 87.8 Å². The average Bonchev–Trinajstić information content (AvgIpc) is 3.33. The van der Waals surface area contributed by atoms with Crippen LogP contribution in [0.4, 0.5) is 0 Å². The monoisotopic (exact) mass is 731 g/mol. The van der Waals surface area contributed by atoms with Crippen LogP contribution in [0.5, 0.6) is 5.75 Å². The molecule has 268 valence electrons. The summed E-state index contributed by atoms with van der Waals surface area (Å²) in [6, 6.07) is 26.2. The number of hydrogen-bond acceptors (Lipinski definition) is 9. The summed E-state index contributed by atoms with van der Waals surface area (Å²) in [5, 5.41) is 18.8. The van der Waals surface area contributed by atoms with Crippen LogP contribution in [0.3, 0.4) is 0 Å². The number of pyridine rings is 1. The van der Waals surface area contributed by atoms with Gasteiger partial charge in [0.1, 0.15) is 19.0 Å². The third-order valence-corrected chi connectivity index (χ3v) is 9.24. The van der Waals surface area contributed by atoms with Crippen LogP contribution in [0.2, 0.25) is 5.02 Å². The van der Waals surface area contributed by atoms with Gasteiger partial charge in [-0.15, -0.1) is 21.9 Å². The lowest BCUT2D eigenvalue weighted by Gasteiger charge is -2.24. The number of ether oxygens (including phenoxy) is 1. The van der Waals surface area contributed by atoms with Gasteiger partial charge in [0, 0.05) is 61.4 Å². The van der Waals surface area contributed by atoms with Crippen LogP contribution in [0.15, 0.2) is 88.9 Å². The zero-order valence-electron chi connectivity index (χ0n) is 29.4. The molecule has 51 heavy (non-hydrogen) atoms. The second-order valence-electron chi connectivity index (χ2n) is 13.7. The van der Waals surface area contributed by atoms with E-state index >= 15 is 0 Å². The van der Waals surface area contributed by atoms with Crippen molar-refractivity contribution in [3.05, 3.63) is 111 Å². The zero-order valence-corrected chi connectivity index (χ0v) is 30.9. The van der Waals surface area contributed by atoms with E-state index in [2.05, 4.69) is 72.7 Å². The molecular weight excluding hydrogens is 690 g/mol. The number of halogens is 1. The van der Waals surface area contributed by atoms with Gasteiger partial charge < -0.3 is 24.3 Å². The number of thioether (sulfide) groups is 1. The number of amides is 1. The fraction of sp³-hybridized carbons (Fsp3) is 0.342. The minimum Gasteiger partial charge on any atom is -0.487 e. The number of fused-ring (bicyclic) bond motifs is 2. The highest BCUT2D eigenvalue weighted by Crippen LogP contribution is 2.44. The molecular formula is C38H42ClN5O6S. The van der Waals surface area contributed by atoms with Crippen molar-refractivity contribution in [3.63, 3.8) is 0 Å². The third-order valence-electron chi connectivity index (χ3n) is 7.71. The van der Waals surface area contributed by atoms with Gasteiger partial charge in [0.05, 0.1) is 11.2 Å². The van der Waals surface area contributed by atoms with Crippen molar-refractivity contribution in [1.29, 1.82) is 0 Å². The van der Waals surface area contributed by atoms with Crippen LogP contribution in [0.25, 0.3) is 21.8 Å². The number of carbonyl (C=O) groups is 1. The third kappa shape index (κ3) is 10.8. The number of rotatable bonds is 16. The van der Waals surface area contributed by atoms with E-state index in [9.17, 15) is 14.9 Å². The van der Waals surface area contributed by atoms with E-state index in [1.807, 2.05) is 72.4 Å². The Morgan fingerprint density at radius 3 is 2.57 bits per heavy atom. The lowest BCUT2D eigenvalue weighted by Crippen LogP contribution is -2.30. The van der Waals surface area contributed by atoms with Crippen LogP contribution in [0.1, 0.15) is 51.6 Å². The van der Waals surface area contributed by atoms with Gasteiger partial charge in [-0.3, -0.25) is 4.79 Å². The van der Waals surface area contributed by atoms with Crippen molar-refractivity contribution < 1.29 is 24.3 Å². The van der Waals surface area contributed by atoms with Crippen molar-refractivity contribution >= 4 is 57.3 Å². The molecule has 5 rings (SSSR count). The Morgan fingerprint density at radius 2 is 1.82 bits per heavy atom. The van der Waals surface area contributed by atoms with Gasteiger partial charge in [-0.2, -0.15) is 0 Å². The molecule has 13 heteroatoms. The minimum atomic E-state index is -0.910. The molecule has 1 N–H and O–H groups in total. The SMILES string of the molecule is CC(C)(/C=N/OCC(=O)NCCO[N+](=O)[O-])Cc1c(SC(C)(C)C)c2cc(OCc3ccc4ccccc4n3)ccc2n1Cc1ccc(Cl)cc1. The van der Waals surface area contributed by atoms with Crippen LogP contribution in [-0.4, -0.2) is 51.3 Å². The summed E-state index contributed by atoms with van der Waals surface area (Å²) in [6.45, 7) is 11.1. The molecule has 0 fully saturated rings. The maximum atomic E-state index is 12.1. The van der Waals surface area contributed by atoms with E-state index in [0.717, 1.165) is 49.4 Å². The largest absolute Gasteiger partial charge is 0.487 e. The Balaban J connectivity index is 1.43. The number of aromatic nitrogens is 2. The van der Waals surface area contributed by atoms with E-state index in [0.29, 0.717) is 24.6 Å². The van der Waals surface area contributed by atoms with Gasteiger partial charge in [0.2, 0.25) is 0 Å². The maximum Gasteiger partial charge on any atom is 0.294 e. The molecule has 11 nitrogen and oxygen atoms in total. The lowest BCUT2D eigenvalue weighted by molar-refractivity contribution is -0.757. The van der Waals surface area contributed by atoms with Gasteiger partial charge >= 0.3 is 0 Å². The molecule has 0 aliphatic rings. The summed E-state index contributed by atoms with van der Waals surface area (Å²) in [5.41, 5.74) is 4.62. The minimum absolute atomic E-state index is 0.0160. The molecule has 0 aliphatic heterocycles. The molecule has 0 spiro atoms. The number of oxime groups is 1. The second-order valence-corrected chi connectivity index (χ2v) is 16.0. The number of benzene rings is 3. The topological polar surface area (TPSA) is 130 Å². The van der Waals surface area contributed by atoms with Gasteiger partial charge in [-0.25, -0.2) is 4.98 Å². The molecule has 0 saturated carbocycles. The summed E-state index contributed by atoms with van der Waals surface area (Å²) in [6.07, 6.45) is 2.32. The van der Waals surface area contributed by atoms with Crippen LogP contribution >= 0.6 is 23.4 Å². The molecule has 0 unspecified atom stereocenters. The van der Waals surface area contributed by atoms with Gasteiger partial charge in [0.25, 0.3) is 11.0 Å². The first-order valence-electron chi connectivity index (χ1n) is 16.5. The highest BCUT2D eigenvalue weighted by molar-refractivity contribution is 8.00. The van der Waals surface area contributed by atoms with Gasteiger partial charge in [0.15, 0.2) is 6.61 Å². The zero-order chi connectivity index (χ0) is 36.6. The number of para-hydroxylation sites is 1. The van der Waals surface area contributed by atoms with Crippen molar-refractivity contribution in [2.75, 3.05) is 19.8 Å². The van der Waals surface area contributed by atoms with Crippen LogP contribution in [0, 0.1) is 15.5 Å². The average molecular weight is 732 g/mol. The highest BCUT2D eigenvalue weighted by Gasteiger charge is 2.28. The molecule has 0 radical (unpaired) electrons. The molecule has 0 bridgehead atoms. The number of hydrogen-bond donors (Lipinski definition) is 1. The summed E-state index contributed by atoms with van der Waals surface area (Å²) in [7, 11) is 0. The molecule has 3 aromatic carbocycles. The standard InChI is InChI=1S/C38H42ClN5O6S/c1-37(2,3)51-36-31-20-30(48-23-29-15-12-27-8-6-7-9-32(27)42-29)16-17-33(31)43(22-26-10-13-28(39)14-11-26)34(36)21-38(4,5)25-41-49-24-35(45)40-18-19-50-44(46)47/h6-17,20,25H,18-19,21-24H2,1-5H3,(H,40,45)/b41-25+. The van der Waals surface area contributed by atoms with Crippen molar-refractivity contribution in [1.82, 2.24) is 14.9 Å². The first-order valence-corrected chi connectivity index (χ1v) is 17.7. The first kappa shape index (κ1) is 37.4. The van der Waals surface area contributed by atoms with Crippen LogP contribution in [-0.2, 0) is 34.0 Å². The summed E-state index contributed by atoms with van der Waals surface area (Å²) >= 11 is 8.05. The van der Waals surface area contributed by atoms with E-state index < -0.39 is 16.4 Å². The number of nitrogens with one attached hydrogen (secondary N) is 1. The fourth-order valence-corrected chi connectivity index (χ4v) is 6.77. The predicted octanol–water partition coefficient (Wildman–Crippen LogP) is 8.26. The maximum absolute atomic E-state index is 12.1. The molecule has 0 aliphatic carbocycles. The Labute approximate surface area is 306 Å². The molecule has 2 aromatic heterocycles. The lowest BCUT2D eigenvalue weighted by atomic mass is 9.89. The quantitative estimate of drug-likeness (QED) is 0.0353. The number of nitrogens with zero attached hydrogens (tertiary/aromatic N) is 4.